The highest BCUT2D eigenvalue weighted by Crippen LogP contribution is 2.42. The van der Waals surface area contributed by atoms with Gasteiger partial charge in [0, 0.05) is 49.1 Å². The largest absolute Gasteiger partial charge is 0.456 e. The SMILES string of the molecule is [C-]#[N+]c1ccc2oc3c(ccc4c5ccccc5n(-c5ccc6oc7ccc(-n8c9ccccc9c9cc([N+]#[C-])ccc98)cc7c6c5)c43)c2c1. The van der Waals surface area contributed by atoms with E-state index in [1.807, 2.05) is 42.5 Å². The van der Waals surface area contributed by atoms with Crippen molar-refractivity contribution in [3.8, 4) is 11.4 Å². The van der Waals surface area contributed by atoms with Crippen LogP contribution in [0, 0.1) is 13.1 Å². The third-order valence-electron chi connectivity index (χ3n) is 10.1. The topological polar surface area (TPSA) is 44.9 Å². The normalized spacial score (nSPS) is 12.0. The Labute approximate surface area is 283 Å². The quantitative estimate of drug-likeness (QED) is 0.177. The van der Waals surface area contributed by atoms with E-state index in [0.717, 1.165) is 98.9 Å². The van der Waals surface area contributed by atoms with Gasteiger partial charge < -0.3 is 18.0 Å². The molecule has 0 fully saturated rings. The highest BCUT2D eigenvalue weighted by molar-refractivity contribution is 6.22. The van der Waals surface area contributed by atoms with Gasteiger partial charge in [-0.05, 0) is 84.2 Å². The Bertz CT molecular complexity index is 3360. The summed E-state index contributed by atoms with van der Waals surface area (Å²) in [6.45, 7) is 15.1. The molecule has 6 nitrogen and oxygen atoms in total. The summed E-state index contributed by atoms with van der Waals surface area (Å²) in [4.78, 5) is 7.35. The van der Waals surface area contributed by atoms with Crippen molar-refractivity contribution < 1.29 is 8.83 Å². The van der Waals surface area contributed by atoms with Crippen molar-refractivity contribution in [3.63, 3.8) is 0 Å². The van der Waals surface area contributed by atoms with Crippen LogP contribution in [0.1, 0.15) is 0 Å². The molecule has 0 aliphatic rings. The van der Waals surface area contributed by atoms with E-state index in [-0.39, 0.29) is 0 Å². The van der Waals surface area contributed by atoms with Gasteiger partial charge in [0.2, 0.25) is 0 Å². The molecule has 0 atom stereocenters. The smallest absolute Gasteiger partial charge is 0.188 e. The molecule has 0 amide bonds. The summed E-state index contributed by atoms with van der Waals surface area (Å²) < 4.78 is 17.6. The minimum absolute atomic E-state index is 0.589. The number of hydrogen-bond donors (Lipinski definition) is 0. The monoisotopic (exact) mass is 638 g/mol. The second kappa shape index (κ2) is 9.64. The molecule has 0 radical (unpaired) electrons. The number of nitrogens with zero attached hydrogens (tertiary/aromatic N) is 4. The number of furan rings is 2. The first kappa shape index (κ1) is 26.8. The Hall–Kier alpha value is -7.28. The molecule has 7 aromatic carbocycles. The van der Waals surface area contributed by atoms with Gasteiger partial charge in [0.15, 0.2) is 17.0 Å². The molecule has 0 aliphatic heterocycles. The molecule has 0 aliphatic carbocycles. The molecule has 0 saturated heterocycles. The van der Waals surface area contributed by atoms with E-state index in [4.69, 9.17) is 22.0 Å². The maximum atomic E-state index is 7.58. The van der Waals surface area contributed by atoms with Crippen LogP contribution in [0.4, 0.5) is 11.4 Å². The van der Waals surface area contributed by atoms with E-state index in [1.54, 1.807) is 6.07 Å². The van der Waals surface area contributed by atoms with Gasteiger partial charge >= 0.3 is 0 Å². The van der Waals surface area contributed by atoms with Crippen molar-refractivity contribution in [2.75, 3.05) is 0 Å². The number of para-hydroxylation sites is 2. The van der Waals surface area contributed by atoms with E-state index in [1.165, 1.54) is 0 Å². The molecule has 6 heteroatoms. The summed E-state index contributed by atoms with van der Waals surface area (Å²) >= 11 is 0. The maximum Gasteiger partial charge on any atom is 0.188 e. The second-order valence-electron chi connectivity index (χ2n) is 12.7. The second-order valence-corrected chi connectivity index (χ2v) is 12.7. The molecule has 0 saturated carbocycles. The van der Waals surface area contributed by atoms with Crippen LogP contribution in [0.2, 0.25) is 0 Å². The Morgan fingerprint density at radius 3 is 1.64 bits per heavy atom. The fraction of sp³-hybridized carbons (Fsp3) is 0. The minimum atomic E-state index is 0.589. The molecule has 0 spiro atoms. The van der Waals surface area contributed by atoms with Crippen LogP contribution in [-0.2, 0) is 0 Å². The van der Waals surface area contributed by atoms with Gasteiger partial charge in [-0.25, -0.2) is 9.69 Å². The average Bonchev–Trinajstić information content (AvgIpc) is 3.91. The Morgan fingerprint density at radius 2 is 0.920 bits per heavy atom. The van der Waals surface area contributed by atoms with Gasteiger partial charge in [-0.1, -0.05) is 54.6 Å². The Kier molecular flexibility index (Phi) is 5.16. The van der Waals surface area contributed by atoms with Crippen molar-refractivity contribution >= 4 is 98.9 Å². The third-order valence-corrected chi connectivity index (χ3v) is 10.1. The molecule has 230 valence electrons. The molecule has 4 aromatic heterocycles. The summed E-state index contributed by atoms with van der Waals surface area (Å²) in [6.07, 6.45) is 0. The number of rotatable bonds is 2. The molecular weight excluding hydrogens is 617 g/mol. The first-order valence-electron chi connectivity index (χ1n) is 16.3. The van der Waals surface area contributed by atoms with E-state index < -0.39 is 0 Å². The number of aromatic nitrogens is 2. The van der Waals surface area contributed by atoms with E-state index in [9.17, 15) is 0 Å². The van der Waals surface area contributed by atoms with Crippen LogP contribution < -0.4 is 0 Å². The van der Waals surface area contributed by atoms with E-state index in [2.05, 4.69) is 104 Å². The fourth-order valence-corrected chi connectivity index (χ4v) is 7.95. The highest BCUT2D eigenvalue weighted by atomic mass is 16.3. The highest BCUT2D eigenvalue weighted by Gasteiger charge is 2.21. The zero-order valence-corrected chi connectivity index (χ0v) is 26.3. The summed E-state index contributed by atoms with van der Waals surface area (Å²) in [5.41, 5.74) is 10.6. The van der Waals surface area contributed by atoms with Crippen LogP contribution >= 0.6 is 0 Å². The summed E-state index contributed by atoms with van der Waals surface area (Å²) in [5, 5.41) is 8.36. The first-order chi connectivity index (χ1) is 24.7. The first-order valence-corrected chi connectivity index (χ1v) is 16.3. The lowest BCUT2D eigenvalue weighted by molar-refractivity contribution is 0.669. The van der Waals surface area contributed by atoms with Crippen LogP contribution in [0.5, 0.6) is 0 Å². The van der Waals surface area contributed by atoms with Crippen LogP contribution in [-0.4, -0.2) is 9.13 Å². The molecule has 11 rings (SSSR count). The van der Waals surface area contributed by atoms with E-state index in [0.29, 0.717) is 11.4 Å². The lowest BCUT2D eigenvalue weighted by Crippen LogP contribution is -1.94. The Morgan fingerprint density at radius 1 is 0.400 bits per heavy atom. The molecule has 50 heavy (non-hydrogen) atoms. The van der Waals surface area contributed by atoms with Gasteiger partial charge in [0.1, 0.15) is 16.7 Å². The molecule has 0 N–H and O–H groups in total. The summed E-state index contributed by atoms with van der Waals surface area (Å²) in [6, 6.07) is 45.3. The van der Waals surface area contributed by atoms with Gasteiger partial charge in [0.25, 0.3) is 0 Å². The zero-order valence-electron chi connectivity index (χ0n) is 26.3. The van der Waals surface area contributed by atoms with Gasteiger partial charge in [-0.15, -0.1) is 0 Å². The third kappa shape index (κ3) is 3.49. The van der Waals surface area contributed by atoms with Crippen molar-refractivity contribution in [2.24, 2.45) is 0 Å². The van der Waals surface area contributed by atoms with Crippen molar-refractivity contribution in [2.45, 2.75) is 0 Å². The standard InChI is InChI=1S/C44H22N4O2/c1-45-25-11-17-39-33(21-25)30-8-4-5-9-37(30)47(39)27-13-19-40-35(23-27)36-24-28(14-20-41(36)49-40)48-38-10-6-3-7-29(38)31-15-16-32-34-22-26(46-2)12-18-42(34)50-44(32)43(31)48/h3-24H. The van der Waals surface area contributed by atoms with Gasteiger partial charge in [0.05, 0.1) is 35.2 Å². The number of benzene rings is 7. The number of hydrogen-bond acceptors (Lipinski definition) is 2. The Balaban J connectivity index is 1.19. The zero-order chi connectivity index (χ0) is 33.1. The number of fused-ring (bicyclic) bond motifs is 13. The predicted octanol–water partition coefficient (Wildman–Crippen LogP) is 12.8. The fourth-order valence-electron chi connectivity index (χ4n) is 7.95. The maximum absolute atomic E-state index is 7.58. The van der Waals surface area contributed by atoms with Gasteiger partial charge in [-0.3, -0.25) is 0 Å². The summed E-state index contributed by atoms with van der Waals surface area (Å²) in [7, 11) is 0. The van der Waals surface area contributed by atoms with E-state index >= 15 is 0 Å². The van der Waals surface area contributed by atoms with Crippen LogP contribution in [0.25, 0.3) is 109 Å². The molecule has 4 heterocycles. The molecule has 0 unspecified atom stereocenters. The van der Waals surface area contributed by atoms with Crippen molar-refractivity contribution in [3.05, 3.63) is 156 Å². The van der Waals surface area contributed by atoms with Crippen LogP contribution in [0.15, 0.2) is 142 Å². The molecule has 0 bridgehead atoms. The van der Waals surface area contributed by atoms with Crippen LogP contribution in [0.3, 0.4) is 0 Å². The molecular formula is C44H22N4O2. The lowest BCUT2D eigenvalue weighted by atomic mass is 10.1. The average molecular weight is 639 g/mol. The van der Waals surface area contributed by atoms with Crippen molar-refractivity contribution in [1.82, 2.24) is 9.13 Å². The lowest BCUT2D eigenvalue weighted by Gasteiger charge is -2.09. The minimum Gasteiger partial charge on any atom is -0.456 e. The molecule has 11 aromatic rings. The van der Waals surface area contributed by atoms with Gasteiger partial charge in [-0.2, -0.15) is 0 Å². The summed E-state index contributed by atoms with van der Waals surface area (Å²) in [5.74, 6) is 0. The predicted molar refractivity (Wildman–Crippen MR) is 202 cm³/mol. The van der Waals surface area contributed by atoms with Crippen molar-refractivity contribution in [1.29, 1.82) is 0 Å².